The molecule has 0 N–H and O–H groups in total. The SMILES string of the molecule is C=C(C(=O)OC1(C)C2CC3CC1CC(F)(C3)C2)C(F)(F)F. The number of ether oxygens (including phenoxy) is 1. The second kappa shape index (κ2) is 4.23. The van der Waals surface area contributed by atoms with Crippen molar-refractivity contribution in [2.45, 2.75) is 56.5 Å². The molecule has 0 heterocycles. The maximum absolute atomic E-state index is 14.6. The van der Waals surface area contributed by atoms with Crippen molar-refractivity contribution in [3.8, 4) is 0 Å². The molecule has 21 heavy (non-hydrogen) atoms. The second-order valence-corrected chi connectivity index (χ2v) is 7.04. The average molecular weight is 306 g/mol. The predicted octanol–water partition coefficient (Wildman–Crippen LogP) is 3.96. The minimum Gasteiger partial charge on any atom is -0.455 e. The van der Waals surface area contributed by atoms with Gasteiger partial charge in [0.1, 0.15) is 16.8 Å². The van der Waals surface area contributed by atoms with Crippen molar-refractivity contribution in [1.82, 2.24) is 0 Å². The molecule has 2 unspecified atom stereocenters. The van der Waals surface area contributed by atoms with Crippen molar-refractivity contribution in [2.75, 3.05) is 0 Å². The third kappa shape index (κ3) is 2.27. The number of rotatable bonds is 2. The number of hydrogen-bond donors (Lipinski definition) is 0. The lowest BCUT2D eigenvalue weighted by molar-refractivity contribution is -0.221. The quantitative estimate of drug-likeness (QED) is 0.438. The van der Waals surface area contributed by atoms with Crippen LogP contribution in [0.15, 0.2) is 12.2 Å². The first-order valence-corrected chi connectivity index (χ1v) is 7.22. The molecule has 4 rings (SSSR count). The molecule has 4 aliphatic rings. The van der Waals surface area contributed by atoms with Crippen molar-refractivity contribution in [3.05, 3.63) is 12.2 Å². The molecule has 0 spiro atoms. The van der Waals surface area contributed by atoms with E-state index in [1.807, 2.05) is 0 Å². The Morgan fingerprint density at radius 1 is 1.19 bits per heavy atom. The fourth-order valence-electron chi connectivity index (χ4n) is 4.64. The van der Waals surface area contributed by atoms with Crippen molar-refractivity contribution >= 4 is 5.97 Å². The lowest BCUT2D eigenvalue weighted by Crippen LogP contribution is -2.62. The summed E-state index contributed by atoms with van der Waals surface area (Å²) in [5.41, 5.74) is -3.71. The summed E-state index contributed by atoms with van der Waals surface area (Å²) in [7, 11) is 0. The van der Waals surface area contributed by atoms with E-state index in [1.165, 1.54) is 0 Å². The smallest absolute Gasteiger partial charge is 0.422 e. The predicted molar refractivity (Wildman–Crippen MR) is 67.1 cm³/mol. The molecule has 0 saturated heterocycles. The van der Waals surface area contributed by atoms with Crippen molar-refractivity contribution in [2.24, 2.45) is 17.8 Å². The van der Waals surface area contributed by atoms with Gasteiger partial charge in [0.2, 0.25) is 0 Å². The summed E-state index contributed by atoms with van der Waals surface area (Å²) in [6.07, 6.45) is -2.24. The zero-order valence-corrected chi connectivity index (χ0v) is 11.8. The zero-order valence-electron chi connectivity index (χ0n) is 11.8. The number of esters is 1. The van der Waals surface area contributed by atoms with Crippen LogP contribution in [0.5, 0.6) is 0 Å². The molecule has 0 aromatic carbocycles. The van der Waals surface area contributed by atoms with E-state index in [2.05, 4.69) is 6.58 Å². The Labute approximate surface area is 120 Å². The molecule has 2 atom stereocenters. The van der Waals surface area contributed by atoms with Crippen LogP contribution in [0.2, 0.25) is 0 Å². The van der Waals surface area contributed by atoms with Crippen LogP contribution >= 0.6 is 0 Å². The van der Waals surface area contributed by atoms with E-state index < -0.39 is 29.0 Å². The van der Waals surface area contributed by atoms with E-state index in [9.17, 15) is 22.4 Å². The van der Waals surface area contributed by atoms with Gasteiger partial charge in [-0.2, -0.15) is 13.2 Å². The van der Waals surface area contributed by atoms with Crippen molar-refractivity contribution in [1.29, 1.82) is 0 Å². The Kier molecular flexibility index (Phi) is 2.99. The van der Waals surface area contributed by atoms with E-state index in [4.69, 9.17) is 4.74 Å². The summed E-state index contributed by atoms with van der Waals surface area (Å²) in [5, 5.41) is 0. The molecular formula is C15H18F4O2. The highest BCUT2D eigenvalue weighted by molar-refractivity contribution is 5.89. The lowest BCUT2D eigenvalue weighted by Gasteiger charge is -2.60. The molecule has 4 saturated carbocycles. The van der Waals surface area contributed by atoms with E-state index in [0.717, 1.165) is 12.8 Å². The van der Waals surface area contributed by atoms with Crippen LogP contribution in [0.1, 0.15) is 39.0 Å². The number of carbonyl (C=O) groups is 1. The van der Waals surface area contributed by atoms with Crippen LogP contribution in [0.25, 0.3) is 0 Å². The van der Waals surface area contributed by atoms with Gasteiger partial charge in [0, 0.05) is 11.8 Å². The highest BCUT2D eigenvalue weighted by atomic mass is 19.4. The van der Waals surface area contributed by atoms with E-state index in [1.54, 1.807) is 6.92 Å². The summed E-state index contributed by atoms with van der Waals surface area (Å²) in [6, 6.07) is 0. The molecule has 6 heteroatoms. The van der Waals surface area contributed by atoms with Gasteiger partial charge in [-0.05, 0) is 44.9 Å². The van der Waals surface area contributed by atoms with Gasteiger partial charge in [0.05, 0.1) is 0 Å². The van der Waals surface area contributed by atoms with E-state index in [0.29, 0.717) is 6.42 Å². The van der Waals surface area contributed by atoms with Gasteiger partial charge >= 0.3 is 12.1 Å². The fraction of sp³-hybridized carbons (Fsp3) is 0.800. The number of hydrogen-bond acceptors (Lipinski definition) is 2. The molecular weight excluding hydrogens is 288 g/mol. The zero-order chi connectivity index (χ0) is 15.6. The third-order valence-electron chi connectivity index (χ3n) is 5.64. The highest BCUT2D eigenvalue weighted by Gasteiger charge is 2.63. The Hall–Kier alpha value is -1.07. The summed E-state index contributed by atoms with van der Waals surface area (Å²) in [4.78, 5) is 11.7. The molecule has 0 amide bonds. The van der Waals surface area contributed by atoms with Gasteiger partial charge in [-0.25, -0.2) is 9.18 Å². The molecule has 0 aliphatic heterocycles. The molecule has 4 bridgehead atoms. The summed E-state index contributed by atoms with van der Waals surface area (Å²) >= 11 is 0. The summed E-state index contributed by atoms with van der Waals surface area (Å²) in [5.74, 6) is -1.55. The molecule has 2 nitrogen and oxygen atoms in total. The molecule has 0 aromatic heterocycles. The topological polar surface area (TPSA) is 26.3 Å². The molecule has 4 fully saturated rings. The van der Waals surface area contributed by atoms with Gasteiger partial charge in [-0.1, -0.05) is 6.58 Å². The standard InChI is InChI=1S/C15H18F4O2/c1-8(15(17,18)19)12(20)21-13(2)10-3-9-4-11(13)7-14(16,5-9)6-10/h9-11H,1,3-7H2,2H3. The van der Waals surface area contributed by atoms with E-state index in [-0.39, 0.29) is 30.6 Å². The van der Waals surface area contributed by atoms with Crippen LogP contribution in [0, 0.1) is 17.8 Å². The Morgan fingerprint density at radius 3 is 2.14 bits per heavy atom. The summed E-state index contributed by atoms with van der Waals surface area (Å²) in [6.45, 7) is 4.44. The minimum absolute atomic E-state index is 0.196. The monoisotopic (exact) mass is 306 g/mol. The highest BCUT2D eigenvalue weighted by Crippen LogP contribution is 2.62. The van der Waals surface area contributed by atoms with Gasteiger partial charge in [0.15, 0.2) is 0 Å². The van der Waals surface area contributed by atoms with Gasteiger partial charge in [0.25, 0.3) is 0 Å². The normalized spacial score (nSPS) is 44.7. The molecule has 4 aliphatic carbocycles. The van der Waals surface area contributed by atoms with Gasteiger partial charge in [-0.15, -0.1) is 0 Å². The van der Waals surface area contributed by atoms with Crippen LogP contribution in [0.3, 0.4) is 0 Å². The second-order valence-electron chi connectivity index (χ2n) is 7.04. The third-order valence-corrected chi connectivity index (χ3v) is 5.64. The van der Waals surface area contributed by atoms with Gasteiger partial charge < -0.3 is 4.74 Å². The maximum atomic E-state index is 14.6. The first kappa shape index (κ1) is 14.9. The number of halogens is 4. The van der Waals surface area contributed by atoms with Crippen LogP contribution in [0.4, 0.5) is 17.6 Å². The maximum Gasteiger partial charge on any atom is 0.422 e. The fourth-order valence-corrected chi connectivity index (χ4v) is 4.64. The molecule has 0 radical (unpaired) electrons. The molecule has 118 valence electrons. The lowest BCUT2D eigenvalue weighted by atomic mass is 9.49. The average Bonchev–Trinajstić information content (AvgIpc) is 2.32. The Balaban J connectivity index is 1.79. The van der Waals surface area contributed by atoms with Gasteiger partial charge in [-0.3, -0.25) is 0 Å². The number of carbonyl (C=O) groups excluding carboxylic acids is 1. The minimum atomic E-state index is -4.79. The van der Waals surface area contributed by atoms with Crippen LogP contribution in [-0.4, -0.2) is 23.4 Å². The number of alkyl halides is 4. The van der Waals surface area contributed by atoms with Crippen LogP contribution in [-0.2, 0) is 9.53 Å². The Morgan fingerprint density at radius 2 is 1.71 bits per heavy atom. The molecule has 0 aromatic rings. The first-order valence-electron chi connectivity index (χ1n) is 7.22. The first-order chi connectivity index (χ1) is 9.53. The Bertz CT molecular complexity index is 480. The largest absolute Gasteiger partial charge is 0.455 e. The van der Waals surface area contributed by atoms with Crippen LogP contribution < -0.4 is 0 Å². The summed E-state index contributed by atoms with van der Waals surface area (Å²) < 4.78 is 57.4. The van der Waals surface area contributed by atoms with E-state index >= 15 is 0 Å². The van der Waals surface area contributed by atoms with Crippen molar-refractivity contribution in [3.63, 3.8) is 0 Å². The van der Waals surface area contributed by atoms with Crippen molar-refractivity contribution < 1.29 is 27.1 Å².